The molecule has 0 aromatic heterocycles. The van der Waals surface area contributed by atoms with Crippen molar-refractivity contribution in [2.45, 2.75) is 45.9 Å². The molecular formula is C12H25NO2. The van der Waals surface area contributed by atoms with E-state index in [4.69, 9.17) is 9.47 Å². The molecule has 0 aliphatic rings. The van der Waals surface area contributed by atoms with Crippen LogP contribution in [0.5, 0.6) is 0 Å². The van der Waals surface area contributed by atoms with Crippen molar-refractivity contribution >= 4 is 0 Å². The summed E-state index contributed by atoms with van der Waals surface area (Å²) in [6.45, 7) is 12.0. The molecule has 0 aliphatic heterocycles. The molecule has 3 heteroatoms. The molecule has 0 amide bonds. The fraction of sp³-hybridized carbons (Fsp3) is 0.833. The highest BCUT2D eigenvalue weighted by atomic mass is 16.7. The van der Waals surface area contributed by atoms with E-state index in [9.17, 15) is 0 Å². The van der Waals surface area contributed by atoms with E-state index in [-0.39, 0.29) is 6.29 Å². The van der Waals surface area contributed by atoms with Crippen LogP contribution in [0.25, 0.3) is 0 Å². The third-order valence-electron chi connectivity index (χ3n) is 2.14. The van der Waals surface area contributed by atoms with Crippen LogP contribution in [0.2, 0.25) is 0 Å². The van der Waals surface area contributed by atoms with Crippen molar-refractivity contribution in [3.05, 3.63) is 12.7 Å². The molecule has 0 aliphatic carbocycles. The van der Waals surface area contributed by atoms with Gasteiger partial charge in [0, 0.05) is 25.8 Å². The second-order valence-corrected chi connectivity index (χ2v) is 3.52. The monoisotopic (exact) mass is 215 g/mol. The first-order valence-electron chi connectivity index (χ1n) is 5.82. The number of rotatable bonds is 10. The van der Waals surface area contributed by atoms with Gasteiger partial charge in [-0.15, -0.1) is 6.58 Å². The molecule has 0 spiro atoms. The summed E-state index contributed by atoms with van der Waals surface area (Å²) >= 11 is 0. The molecule has 0 saturated carbocycles. The van der Waals surface area contributed by atoms with E-state index in [1.165, 1.54) is 0 Å². The predicted molar refractivity (Wildman–Crippen MR) is 63.9 cm³/mol. The maximum absolute atomic E-state index is 5.43. The van der Waals surface area contributed by atoms with Gasteiger partial charge in [0.25, 0.3) is 0 Å². The summed E-state index contributed by atoms with van der Waals surface area (Å²) in [7, 11) is 0. The molecular weight excluding hydrogens is 190 g/mol. The molecule has 0 rings (SSSR count). The van der Waals surface area contributed by atoms with Crippen LogP contribution in [0.15, 0.2) is 12.7 Å². The highest BCUT2D eigenvalue weighted by Crippen LogP contribution is 1.99. The SMILES string of the molecule is C=CCCC(C)NCC(OCC)OCC. The summed E-state index contributed by atoms with van der Waals surface area (Å²) in [6, 6.07) is 0.478. The van der Waals surface area contributed by atoms with E-state index in [2.05, 4.69) is 18.8 Å². The molecule has 0 heterocycles. The number of allylic oxidation sites excluding steroid dienone is 1. The molecule has 1 N–H and O–H groups in total. The summed E-state index contributed by atoms with van der Waals surface area (Å²) in [6.07, 6.45) is 3.98. The van der Waals surface area contributed by atoms with Crippen LogP contribution in [0, 0.1) is 0 Å². The zero-order chi connectivity index (χ0) is 11.5. The van der Waals surface area contributed by atoms with Crippen LogP contribution < -0.4 is 5.32 Å². The maximum Gasteiger partial charge on any atom is 0.169 e. The van der Waals surface area contributed by atoms with Crippen LogP contribution >= 0.6 is 0 Å². The van der Waals surface area contributed by atoms with Gasteiger partial charge in [-0.3, -0.25) is 0 Å². The fourth-order valence-corrected chi connectivity index (χ4v) is 1.31. The van der Waals surface area contributed by atoms with Crippen molar-refractivity contribution in [2.75, 3.05) is 19.8 Å². The van der Waals surface area contributed by atoms with Crippen molar-refractivity contribution in [3.63, 3.8) is 0 Å². The van der Waals surface area contributed by atoms with Gasteiger partial charge in [0.05, 0.1) is 0 Å². The van der Waals surface area contributed by atoms with Gasteiger partial charge in [0.1, 0.15) is 0 Å². The second-order valence-electron chi connectivity index (χ2n) is 3.52. The highest BCUT2D eigenvalue weighted by molar-refractivity contribution is 4.71. The minimum absolute atomic E-state index is 0.119. The molecule has 3 nitrogen and oxygen atoms in total. The average molecular weight is 215 g/mol. The second kappa shape index (κ2) is 10.1. The lowest BCUT2D eigenvalue weighted by Crippen LogP contribution is -2.36. The van der Waals surface area contributed by atoms with E-state index in [0.717, 1.165) is 19.4 Å². The smallest absolute Gasteiger partial charge is 0.169 e. The Balaban J connectivity index is 3.61. The van der Waals surface area contributed by atoms with Crippen LogP contribution in [-0.2, 0) is 9.47 Å². The lowest BCUT2D eigenvalue weighted by atomic mass is 10.2. The van der Waals surface area contributed by atoms with Crippen LogP contribution in [0.3, 0.4) is 0 Å². The zero-order valence-electron chi connectivity index (χ0n) is 10.3. The van der Waals surface area contributed by atoms with Crippen molar-refractivity contribution in [3.8, 4) is 0 Å². The van der Waals surface area contributed by atoms with E-state index < -0.39 is 0 Å². The van der Waals surface area contributed by atoms with Gasteiger partial charge in [0.15, 0.2) is 6.29 Å². The van der Waals surface area contributed by atoms with Crippen molar-refractivity contribution in [2.24, 2.45) is 0 Å². The standard InChI is InChI=1S/C12H25NO2/c1-5-8-9-11(4)13-10-12(14-6-2)15-7-3/h5,11-13H,1,6-10H2,2-4H3. The van der Waals surface area contributed by atoms with Crippen molar-refractivity contribution < 1.29 is 9.47 Å². The molecule has 0 bridgehead atoms. The van der Waals surface area contributed by atoms with Crippen LogP contribution in [0.4, 0.5) is 0 Å². The Labute approximate surface area is 93.8 Å². The number of hydrogen-bond acceptors (Lipinski definition) is 3. The lowest BCUT2D eigenvalue weighted by molar-refractivity contribution is -0.133. The third kappa shape index (κ3) is 8.60. The Morgan fingerprint density at radius 1 is 1.27 bits per heavy atom. The van der Waals surface area contributed by atoms with Gasteiger partial charge in [-0.1, -0.05) is 6.08 Å². The fourth-order valence-electron chi connectivity index (χ4n) is 1.31. The summed E-state index contributed by atoms with van der Waals surface area (Å²) in [5.74, 6) is 0. The Kier molecular flexibility index (Phi) is 9.89. The molecule has 15 heavy (non-hydrogen) atoms. The van der Waals surface area contributed by atoms with Gasteiger partial charge >= 0.3 is 0 Å². The molecule has 90 valence electrons. The van der Waals surface area contributed by atoms with E-state index in [1.807, 2.05) is 19.9 Å². The first kappa shape index (κ1) is 14.6. The number of nitrogens with one attached hydrogen (secondary N) is 1. The predicted octanol–water partition coefficient (Wildman–Crippen LogP) is 2.33. The summed E-state index contributed by atoms with van der Waals surface area (Å²) in [5, 5.41) is 3.39. The maximum atomic E-state index is 5.43. The first-order valence-corrected chi connectivity index (χ1v) is 5.82. The normalized spacial score (nSPS) is 13.1. The lowest BCUT2D eigenvalue weighted by Gasteiger charge is -2.20. The van der Waals surface area contributed by atoms with Gasteiger partial charge in [-0.2, -0.15) is 0 Å². The Morgan fingerprint density at radius 2 is 1.87 bits per heavy atom. The molecule has 0 saturated heterocycles. The molecule has 0 radical (unpaired) electrons. The molecule has 1 unspecified atom stereocenters. The summed E-state index contributed by atoms with van der Waals surface area (Å²) in [4.78, 5) is 0. The van der Waals surface area contributed by atoms with Gasteiger partial charge in [-0.25, -0.2) is 0 Å². The van der Waals surface area contributed by atoms with Gasteiger partial charge < -0.3 is 14.8 Å². The van der Waals surface area contributed by atoms with E-state index >= 15 is 0 Å². The molecule has 1 atom stereocenters. The molecule has 0 aromatic carbocycles. The topological polar surface area (TPSA) is 30.5 Å². The minimum Gasteiger partial charge on any atom is -0.352 e. The van der Waals surface area contributed by atoms with Crippen LogP contribution in [-0.4, -0.2) is 32.1 Å². The van der Waals surface area contributed by atoms with Crippen molar-refractivity contribution in [1.29, 1.82) is 0 Å². The minimum atomic E-state index is -0.119. The van der Waals surface area contributed by atoms with Gasteiger partial charge in [0.2, 0.25) is 0 Å². The quantitative estimate of drug-likeness (QED) is 0.448. The molecule has 0 aromatic rings. The van der Waals surface area contributed by atoms with E-state index in [0.29, 0.717) is 19.3 Å². The Morgan fingerprint density at radius 3 is 2.33 bits per heavy atom. The zero-order valence-corrected chi connectivity index (χ0v) is 10.3. The van der Waals surface area contributed by atoms with Crippen LogP contribution in [0.1, 0.15) is 33.6 Å². The largest absolute Gasteiger partial charge is 0.352 e. The summed E-state index contributed by atoms with van der Waals surface area (Å²) < 4.78 is 10.9. The third-order valence-corrected chi connectivity index (χ3v) is 2.14. The summed E-state index contributed by atoms with van der Waals surface area (Å²) in [5.41, 5.74) is 0. The van der Waals surface area contributed by atoms with E-state index in [1.54, 1.807) is 0 Å². The Hall–Kier alpha value is -0.380. The highest BCUT2D eigenvalue weighted by Gasteiger charge is 2.09. The number of hydrogen-bond donors (Lipinski definition) is 1. The van der Waals surface area contributed by atoms with Gasteiger partial charge in [-0.05, 0) is 33.6 Å². The number of ether oxygens (including phenoxy) is 2. The average Bonchev–Trinajstić information content (AvgIpc) is 2.23. The molecule has 0 fully saturated rings. The van der Waals surface area contributed by atoms with Crippen molar-refractivity contribution in [1.82, 2.24) is 5.32 Å². The first-order chi connectivity index (χ1) is 7.24. The Bertz CT molecular complexity index is 145.